The fourth-order valence-electron chi connectivity index (χ4n) is 8.68. The zero-order chi connectivity index (χ0) is 37.0. The second-order valence-electron chi connectivity index (χ2n) is 14.5. The van der Waals surface area contributed by atoms with E-state index in [2.05, 4.69) is 217 Å². The third kappa shape index (κ3) is 5.38. The molecule has 1 aromatic heterocycles. The van der Waals surface area contributed by atoms with Gasteiger partial charge >= 0.3 is 0 Å². The largest absolute Gasteiger partial charge is 0.310 e. The number of rotatable bonds is 6. The van der Waals surface area contributed by atoms with E-state index in [1.165, 1.54) is 85.9 Å². The Labute approximate surface area is 330 Å². The van der Waals surface area contributed by atoms with Crippen molar-refractivity contribution in [3.63, 3.8) is 0 Å². The molecule has 262 valence electrons. The van der Waals surface area contributed by atoms with Gasteiger partial charge in [0.1, 0.15) is 0 Å². The molecule has 0 bridgehead atoms. The lowest BCUT2D eigenvalue weighted by molar-refractivity contribution is 1.30. The minimum Gasteiger partial charge on any atom is -0.310 e. The summed E-state index contributed by atoms with van der Waals surface area (Å²) in [4.78, 5) is 2.45. The summed E-state index contributed by atoms with van der Waals surface area (Å²) in [6, 6.07) is 77.8. The molecule has 0 aliphatic rings. The number of fused-ring (bicyclic) bond motifs is 7. The van der Waals surface area contributed by atoms with Crippen LogP contribution in [0.5, 0.6) is 0 Å². The highest BCUT2D eigenvalue weighted by atomic mass is 32.1. The molecule has 0 unspecified atom stereocenters. The molecule has 0 aliphatic heterocycles. The minimum atomic E-state index is 1.12. The Kier molecular flexibility index (Phi) is 7.75. The van der Waals surface area contributed by atoms with Crippen LogP contribution in [0.1, 0.15) is 0 Å². The van der Waals surface area contributed by atoms with Gasteiger partial charge in [-0.3, -0.25) is 0 Å². The maximum atomic E-state index is 2.45. The van der Waals surface area contributed by atoms with E-state index in [1.807, 2.05) is 11.3 Å². The smallest absolute Gasteiger partial charge is 0.0540 e. The van der Waals surface area contributed by atoms with Gasteiger partial charge < -0.3 is 4.90 Å². The predicted molar refractivity (Wildman–Crippen MR) is 243 cm³/mol. The van der Waals surface area contributed by atoms with Gasteiger partial charge in [0.25, 0.3) is 0 Å². The van der Waals surface area contributed by atoms with Crippen LogP contribution in [0.15, 0.2) is 212 Å². The second kappa shape index (κ2) is 13.4. The lowest BCUT2D eigenvalue weighted by Crippen LogP contribution is -2.11. The number of hydrogen-bond acceptors (Lipinski definition) is 2. The van der Waals surface area contributed by atoms with Gasteiger partial charge in [-0.25, -0.2) is 0 Å². The third-order valence-electron chi connectivity index (χ3n) is 11.2. The van der Waals surface area contributed by atoms with Crippen LogP contribution in [-0.4, -0.2) is 0 Å². The first-order valence-electron chi connectivity index (χ1n) is 19.2. The Morgan fingerprint density at radius 3 is 1.66 bits per heavy atom. The SMILES string of the molecule is c1ccc(-c2c(-c3ccccc3)c3cc(-c4ccccc4N(c4ccc5ccccc5c4)c4ccc5c(c4)sc4ccccc45)ccc3c3ccccc23)cc1. The molecule has 11 rings (SSSR count). The number of benzene rings is 10. The highest BCUT2D eigenvalue weighted by Gasteiger charge is 2.22. The molecule has 10 aromatic carbocycles. The number of thiophene rings is 1. The monoisotopic (exact) mass is 729 g/mol. The topological polar surface area (TPSA) is 3.24 Å². The summed E-state index contributed by atoms with van der Waals surface area (Å²) in [7, 11) is 0. The van der Waals surface area contributed by atoms with Gasteiger partial charge in [0.05, 0.1) is 5.69 Å². The molecule has 0 radical (unpaired) electrons. The van der Waals surface area contributed by atoms with Gasteiger partial charge in [0, 0.05) is 37.1 Å². The van der Waals surface area contributed by atoms with E-state index in [4.69, 9.17) is 0 Å². The second-order valence-corrected chi connectivity index (χ2v) is 15.5. The Morgan fingerprint density at radius 2 is 0.857 bits per heavy atom. The van der Waals surface area contributed by atoms with Crippen molar-refractivity contribution in [2.24, 2.45) is 0 Å². The Hall–Kier alpha value is -7.00. The molecule has 0 amide bonds. The van der Waals surface area contributed by atoms with Crippen molar-refractivity contribution in [2.45, 2.75) is 0 Å². The standard InChI is InChI=1S/C54H35NS/c1-3-16-37(17-4-1)53-48-24-10-9-22-44(48)45-31-28-40(34-49(45)54(53)38-18-5-2-6-19-38)43-21-11-13-25-50(43)55(41-29-27-36-15-7-8-20-39(36)33-41)42-30-32-47-46-23-12-14-26-51(46)56-52(47)35-42/h1-35H. The molecule has 0 N–H and O–H groups in total. The van der Waals surface area contributed by atoms with Crippen LogP contribution < -0.4 is 4.90 Å². The van der Waals surface area contributed by atoms with E-state index in [9.17, 15) is 0 Å². The first-order chi connectivity index (χ1) is 27.8. The quantitative estimate of drug-likeness (QED) is 0.154. The Morgan fingerprint density at radius 1 is 0.304 bits per heavy atom. The molecule has 0 fully saturated rings. The summed E-state index contributed by atoms with van der Waals surface area (Å²) in [5.41, 5.74) is 10.7. The Bertz CT molecular complexity index is 3250. The van der Waals surface area contributed by atoms with Gasteiger partial charge in [0.2, 0.25) is 0 Å². The molecule has 0 saturated heterocycles. The van der Waals surface area contributed by atoms with Crippen molar-refractivity contribution in [2.75, 3.05) is 4.90 Å². The molecule has 56 heavy (non-hydrogen) atoms. The number of para-hydroxylation sites is 1. The van der Waals surface area contributed by atoms with Crippen molar-refractivity contribution >= 4 is 80.9 Å². The first kappa shape index (κ1) is 32.4. The van der Waals surface area contributed by atoms with Crippen LogP contribution in [0.4, 0.5) is 17.1 Å². The number of nitrogens with zero attached hydrogens (tertiary/aromatic N) is 1. The van der Waals surface area contributed by atoms with Gasteiger partial charge in [0.15, 0.2) is 0 Å². The number of anilines is 3. The van der Waals surface area contributed by atoms with Crippen molar-refractivity contribution in [1.82, 2.24) is 0 Å². The summed E-state index contributed by atoms with van der Waals surface area (Å²) in [6.07, 6.45) is 0. The lowest BCUT2D eigenvalue weighted by atomic mass is 9.84. The minimum absolute atomic E-state index is 1.12. The summed E-state index contributed by atoms with van der Waals surface area (Å²) in [5, 5.41) is 10.1. The van der Waals surface area contributed by atoms with E-state index in [0.29, 0.717) is 0 Å². The highest BCUT2D eigenvalue weighted by molar-refractivity contribution is 7.25. The van der Waals surface area contributed by atoms with Crippen LogP contribution in [0.25, 0.3) is 85.9 Å². The van der Waals surface area contributed by atoms with Crippen LogP contribution in [0.3, 0.4) is 0 Å². The van der Waals surface area contributed by atoms with Gasteiger partial charge in [-0.2, -0.15) is 0 Å². The highest BCUT2D eigenvalue weighted by Crippen LogP contribution is 2.48. The normalized spacial score (nSPS) is 11.6. The van der Waals surface area contributed by atoms with E-state index >= 15 is 0 Å². The average molecular weight is 730 g/mol. The van der Waals surface area contributed by atoms with Crippen molar-refractivity contribution in [1.29, 1.82) is 0 Å². The molecule has 0 spiro atoms. The summed E-state index contributed by atoms with van der Waals surface area (Å²) in [6.45, 7) is 0. The Balaban J connectivity index is 1.18. The molecule has 1 heterocycles. The van der Waals surface area contributed by atoms with Crippen molar-refractivity contribution in [3.05, 3.63) is 212 Å². The molecular formula is C54H35NS. The van der Waals surface area contributed by atoms with E-state index in [0.717, 1.165) is 17.1 Å². The first-order valence-corrected chi connectivity index (χ1v) is 20.0. The average Bonchev–Trinajstić information content (AvgIpc) is 3.64. The molecule has 0 saturated carbocycles. The predicted octanol–water partition coefficient (Wildman–Crippen LogP) is 16.0. The van der Waals surface area contributed by atoms with Gasteiger partial charge in [-0.05, 0) is 103 Å². The zero-order valence-corrected chi connectivity index (χ0v) is 31.4. The summed E-state index contributed by atoms with van der Waals surface area (Å²) in [5.74, 6) is 0. The van der Waals surface area contributed by atoms with Crippen LogP contribution in [0, 0.1) is 0 Å². The number of hydrogen-bond donors (Lipinski definition) is 0. The van der Waals surface area contributed by atoms with E-state index < -0.39 is 0 Å². The lowest BCUT2D eigenvalue weighted by Gasteiger charge is -2.28. The molecule has 11 aromatic rings. The fraction of sp³-hybridized carbons (Fsp3) is 0. The maximum Gasteiger partial charge on any atom is 0.0540 e. The third-order valence-corrected chi connectivity index (χ3v) is 12.4. The van der Waals surface area contributed by atoms with E-state index in [-0.39, 0.29) is 0 Å². The van der Waals surface area contributed by atoms with Crippen molar-refractivity contribution in [3.8, 4) is 33.4 Å². The van der Waals surface area contributed by atoms with E-state index in [1.54, 1.807) is 0 Å². The molecule has 2 heteroatoms. The van der Waals surface area contributed by atoms with Crippen LogP contribution >= 0.6 is 11.3 Å². The zero-order valence-electron chi connectivity index (χ0n) is 30.6. The molecule has 0 aliphatic carbocycles. The molecule has 1 nitrogen and oxygen atoms in total. The van der Waals surface area contributed by atoms with Crippen molar-refractivity contribution < 1.29 is 0 Å². The fourth-order valence-corrected chi connectivity index (χ4v) is 9.82. The van der Waals surface area contributed by atoms with Crippen LogP contribution in [-0.2, 0) is 0 Å². The summed E-state index contributed by atoms with van der Waals surface area (Å²) < 4.78 is 2.59. The van der Waals surface area contributed by atoms with Gasteiger partial charge in [-0.1, -0.05) is 170 Å². The van der Waals surface area contributed by atoms with Gasteiger partial charge in [-0.15, -0.1) is 11.3 Å². The maximum absolute atomic E-state index is 2.45. The molecule has 0 atom stereocenters. The van der Waals surface area contributed by atoms with Crippen LogP contribution in [0.2, 0.25) is 0 Å². The molecular weight excluding hydrogens is 695 g/mol. The summed E-state index contributed by atoms with van der Waals surface area (Å²) >= 11 is 1.86.